The van der Waals surface area contributed by atoms with Gasteiger partial charge in [-0.05, 0) is 16.5 Å². The third-order valence-electron chi connectivity index (χ3n) is 2.72. The molecule has 0 radical (unpaired) electrons. The minimum Gasteiger partial charge on any atom is -0.277 e. The van der Waals surface area contributed by atoms with Crippen LogP contribution in [-0.2, 0) is 23.3 Å². The molecule has 0 aliphatic rings. The molecule has 0 fully saturated rings. The van der Waals surface area contributed by atoms with E-state index in [1.807, 2.05) is 5.48 Å². The normalized spacial score (nSPS) is 10.9. The third kappa shape index (κ3) is 2.94. The first-order valence-corrected chi connectivity index (χ1v) is 5.76. The van der Waals surface area contributed by atoms with E-state index in [2.05, 4.69) is 10.4 Å². The number of hydrogen-bond donors (Lipinski definition) is 1. The van der Waals surface area contributed by atoms with Crippen LogP contribution >= 0.6 is 0 Å². The van der Waals surface area contributed by atoms with Gasteiger partial charge in [-0.2, -0.15) is 9.36 Å². The molecule has 2 rings (SSSR count). The highest BCUT2D eigenvalue weighted by Crippen LogP contribution is 2.27. The number of halogens is 2. The zero-order valence-electron chi connectivity index (χ0n) is 10.9. The van der Waals surface area contributed by atoms with E-state index in [4.69, 9.17) is 4.84 Å². The Kier molecular flexibility index (Phi) is 4.38. The number of nitrogens with zero attached hydrogens (tertiary/aromatic N) is 4. The van der Waals surface area contributed by atoms with Crippen molar-refractivity contribution in [1.82, 2.24) is 25.3 Å². The summed E-state index contributed by atoms with van der Waals surface area (Å²) >= 11 is 0. The summed E-state index contributed by atoms with van der Waals surface area (Å²) in [6, 6.07) is 4.01. The highest BCUT2D eigenvalue weighted by molar-refractivity contribution is 5.46. The number of hydroxylamine groups is 1. The number of carbonyl (C=O) groups excluding carboxylic acids is 1. The fraction of sp³-hybridized carbons (Fsp3) is 0.273. The van der Waals surface area contributed by atoms with E-state index in [9.17, 15) is 18.4 Å². The van der Waals surface area contributed by atoms with Gasteiger partial charge in [-0.1, -0.05) is 12.1 Å². The second kappa shape index (κ2) is 6.22. The van der Waals surface area contributed by atoms with Crippen molar-refractivity contribution in [3.63, 3.8) is 0 Å². The predicted molar refractivity (Wildman–Crippen MR) is 65.5 cm³/mol. The molecule has 0 saturated carbocycles. The van der Waals surface area contributed by atoms with Gasteiger partial charge in [0.25, 0.3) is 6.43 Å². The number of hydrogen-bond acceptors (Lipinski definition) is 5. The van der Waals surface area contributed by atoms with Crippen molar-refractivity contribution in [2.45, 2.75) is 13.0 Å². The topological polar surface area (TPSA) is 91.0 Å². The summed E-state index contributed by atoms with van der Waals surface area (Å²) in [7, 11) is 1.38. The van der Waals surface area contributed by atoms with Gasteiger partial charge in [-0.25, -0.2) is 19.1 Å². The van der Waals surface area contributed by atoms with Gasteiger partial charge in [0.05, 0.1) is 5.69 Å². The van der Waals surface area contributed by atoms with E-state index < -0.39 is 12.1 Å². The van der Waals surface area contributed by atoms with Crippen molar-refractivity contribution in [1.29, 1.82) is 0 Å². The Morgan fingerprint density at radius 1 is 1.43 bits per heavy atom. The maximum absolute atomic E-state index is 13.1. The largest absolute Gasteiger partial charge is 0.368 e. The fourth-order valence-electron chi connectivity index (χ4n) is 1.76. The lowest BCUT2D eigenvalue weighted by molar-refractivity contribution is -0.121. The smallest absolute Gasteiger partial charge is 0.277 e. The average molecular weight is 299 g/mol. The number of aromatic nitrogens is 4. The number of carbonyl (C=O) groups is 1. The average Bonchev–Trinajstić information content (AvgIpc) is 2.79. The molecule has 21 heavy (non-hydrogen) atoms. The number of alkyl halides is 2. The Labute approximate surface area is 116 Å². The molecule has 10 heteroatoms. The van der Waals surface area contributed by atoms with Crippen molar-refractivity contribution in [3.05, 3.63) is 39.8 Å². The third-order valence-corrected chi connectivity index (χ3v) is 2.72. The lowest BCUT2D eigenvalue weighted by Gasteiger charge is -2.13. The van der Waals surface area contributed by atoms with Crippen LogP contribution in [0.25, 0.3) is 5.69 Å². The molecular weight excluding hydrogens is 288 g/mol. The molecule has 1 aromatic carbocycles. The molecule has 1 amide bonds. The van der Waals surface area contributed by atoms with E-state index in [1.165, 1.54) is 25.2 Å². The molecule has 0 saturated heterocycles. The zero-order chi connectivity index (χ0) is 15.4. The molecule has 0 aliphatic heterocycles. The van der Waals surface area contributed by atoms with Gasteiger partial charge in [0.15, 0.2) is 0 Å². The fourth-order valence-corrected chi connectivity index (χ4v) is 1.76. The Morgan fingerprint density at radius 3 is 2.76 bits per heavy atom. The number of nitrogens with one attached hydrogen (secondary N) is 1. The number of benzene rings is 1. The molecule has 1 N–H and O–H groups in total. The van der Waals surface area contributed by atoms with Gasteiger partial charge in [0.1, 0.15) is 6.61 Å². The standard InChI is InChI=1S/C11H11F2N5O3/c1-17-11(20)18(16-15-17)9-4-2-3-7(10(12)13)8(9)5-21-14-6-19/h2-4,6,10H,5H2,1H3,(H,14,19). The number of amides is 1. The van der Waals surface area contributed by atoms with Crippen molar-refractivity contribution in [2.24, 2.45) is 7.05 Å². The summed E-state index contributed by atoms with van der Waals surface area (Å²) in [5.74, 6) is 0. The number of rotatable bonds is 6. The van der Waals surface area contributed by atoms with Gasteiger partial charge < -0.3 is 0 Å². The summed E-state index contributed by atoms with van der Waals surface area (Å²) in [6.07, 6.45) is -2.51. The Bertz CT molecular complexity index is 697. The molecule has 112 valence electrons. The zero-order valence-corrected chi connectivity index (χ0v) is 10.9. The summed E-state index contributed by atoms with van der Waals surface area (Å²) in [5.41, 5.74) is 1.14. The molecule has 1 aromatic heterocycles. The minimum atomic E-state index is -2.77. The van der Waals surface area contributed by atoms with Crippen molar-refractivity contribution in [3.8, 4) is 5.69 Å². The first-order valence-electron chi connectivity index (χ1n) is 5.76. The lowest BCUT2D eigenvalue weighted by atomic mass is 10.1. The summed E-state index contributed by atoms with van der Waals surface area (Å²) in [6.45, 7) is -0.350. The molecular formula is C11H11F2N5O3. The number of tetrazole rings is 1. The van der Waals surface area contributed by atoms with Crippen LogP contribution in [-0.4, -0.2) is 26.2 Å². The van der Waals surface area contributed by atoms with Crippen LogP contribution in [0.5, 0.6) is 0 Å². The second-order valence-corrected chi connectivity index (χ2v) is 3.97. The van der Waals surface area contributed by atoms with Crippen molar-refractivity contribution in [2.75, 3.05) is 0 Å². The van der Waals surface area contributed by atoms with E-state index in [0.29, 0.717) is 0 Å². The summed E-state index contributed by atoms with van der Waals surface area (Å²) in [4.78, 5) is 26.7. The van der Waals surface area contributed by atoms with Crippen LogP contribution < -0.4 is 11.2 Å². The van der Waals surface area contributed by atoms with Crippen LogP contribution in [0.1, 0.15) is 17.6 Å². The van der Waals surface area contributed by atoms with E-state index in [0.717, 1.165) is 9.36 Å². The molecule has 0 bridgehead atoms. The minimum absolute atomic E-state index is 0.0319. The van der Waals surface area contributed by atoms with Gasteiger partial charge in [0.2, 0.25) is 6.41 Å². The molecule has 0 aliphatic carbocycles. The first-order chi connectivity index (χ1) is 10.1. The van der Waals surface area contributed by atoms with E-state index in [1.54, 1.807) is 0 Å². The SMILES string of the molecule is Cn1nnn(-c2cccc(C(F)F)c2CONC=O)c1=O. The number of aryl methyl sites for hydroxylation is 1. The Hall–Kier alpha value is -2.62. The van der Waals surface area contributed by atoms with Crippen LogP contribution in [0.2, 0.25) is 0 Å². The molecule has 0 unspecified atom stereocenters. The Balaban J connectivity index is 2.54. The van der Waals surface area contributed by atoms with Gasteiger partial charge in [0, 0.05) is 18.2 Å². The second-order valence-electron chi connectivity index (χ2n) is 3.97. The predicted octanol–water partition coefficient (Wildman–Crippen LogP) is 0.0812. The Morgan fingerprint density at radius 2 is 2.19 bits per heavy atom. The quantitative estimate of drug-likeness (QED) is 0.463. The summed E-state index contributed by atoms with van der Waals surface area (Å²) < 4.78 is 28.0. The first kappa shape index (κ1) is 14.8. The summed E-state index contributed by atoms with van der Waals surface area (Å²) in [5, 5.41) is 7.12. The van der Waals surface area contributed by atoms with Gasteiger partial charge in [-0.3, -0.25) is 9.63 Å². The molecule has 0 spiro atoms. The monoisotopic (exact) mass is 299 g/mol. The highest BCUT2D eigenvalue weighted by atomic mass is 19.3. The van der Waals surface area contributed by atoms with Crippen LogP contribution in [0, 0.1) is 0 Å². The maximum atomic E-state index is 13.1. The van der Waals surface area contributed by atoms with Crippen LogP contribution in [0.4, 0.5) is 8.78 Å². The van der Waals surface area contributed by atoms with Crippen molar-refractivity contribution >= 4 is 6.41 Å². The molecule has 2 aromatic rings. The molecule has 0 atom stereocenters. The highest BCUT2D eigenvalue weighted by Gasteiger charge is 2.19. The van der Waals surface area contributed by atoms with Crippen LogP contribution in [0.3, 0.4) is 0 Å². The van der Waals surface area contributed by atoms with E-state index in [-0.39, 0.29) is 29.8 Å². The molecule has 1 heterocycles. The van der Waals surface area contributed by atoms with Crippen molar-refractivity contribution < 1.29 is 18.4 Å². The van der Waals surface area contributed by atoms with E-state index >= 15 is 0 Å². The van der Waals surface area contributed by atoms with Gasteiger partial charge in [-0.15, -0.1) is 0 Å². The van der Waals surface area contributed by atoms with Crippen LogP contribution in [0.15, 0.2) is 23.0 Å². The maximum Gasteiger partial charge on any atom is 0.368 e. The lowest BCUT2D eigenvalue weighted by Crippen LogP contribution is -2.24. The van der Waals surface area contributed by atoms with Gasteiger partial charge >= 0.3 is 5.69 Å². The molecule has 8 nitrogen and oxygen atoms in total.